The van der Waals surface area contributed by atoms with Crippen LogP contribution in [0.2, 0.25) is 0 Å². The fraction of sp³-hybridized carbons (Fsp3) is 1.00. The van der Waals surface area contributed by atoms with E-state index < -0.39 is 0 Å². The van der Waals surface area contributed by atoms with Gasteiger partial charge in [0.2, 0.25) is 0 Å². The summed E-state index contributed by atoms with van der Waals surface area (Å²) in [4.78, 5) is 0. The van der Waals surface area contributed by atoms with Gasteiger partial charge < -0.3 is 5.73 Å². The SMILES string of the molecule is CCCC(CCC(CN)CCCC1CCC1)C1CCC(C)C1. The second-order valence-electron chi connectivity index (χ2n) is 8.63. The second kappa shape index (κ2) is 9.96. The highest BCUT2D eigenvalue weighted by atomic mass is 14.5. The van der Waals surface area contributed by atoms with E-state index in [1.807, 2.05) is 0 Å². The van der Waals surface area contributed by atoms with Crippen LogP contribution in [0, 0.1) is 29.6 Å². The summed E-state index contributed by atoms with van der Waals surface area (Å²) >= 11 is 0. The van der Waals surface area contributed by atoms with Crippen molar-refractivity contribution >= 4 is 0 Å². The first-order valence-corrected chi connectivity index (χ1v) is 10.4. The van der Waals surface area contributed by atoms with Crippen molar-refractivity contribution in [3.63, 3.8) is 0 Å². The van der Waals surface area contributed by atoms with E-state index in [1.165, 1.54) is 83.5 Å². The largest absolute Gasteiger partial charge is 0.330 e. The van der Waals surface area contributed by atoms with E-state index in [0.717, 1.165) is 36.1 Å². The average molecular weight is 308 g/mol. The smallest absolute Gasteiger partial charge is 0.00489 e. The van der Waals surface area contributed by atoms with Crippen molar-refractivity contribution in [3.8, 4) is 0 Å². The molecular weight excluding hydrogens is 266 g/mol. The molecule has 0 radical (unpaired) electrons. The Balaban J connectivity index is 1.66. The molecule has 22 heavy (non-hydrogen) atoms. The van der Waals surface area contributed by atoms with Crippen molar-refractivity contribution in [2.75, 3.05) is 6.54 Å². The minimum Gasteiger partial charge on any atom is -0.330 e. The quantitative estimate of drug-likeness (QED) is 0.485. The van der Waals surface area contributed by atoms with E-state index in [1.54, 1.807) is 0 Å². The highest BCUT2D eigenvalue weighted by Gasteiger charge is 2.28. The number of hydrogen-bond acceptors (Lipinski definition) is 1. The third-order valence-electron chi connectivity index (χ3n) is 6.79. The fourth-order valence-corrected chi connectivity index (χ4v) is 4.97. The Morgan fingerprint density at radius 1 is 1.00 bits per heavy atom. The molecule has 0 aromatic heterocycles. The molecule has 130 valence electrons. The van der Waals surface area contributed by atoms with Crippen LogP contribution in [0.3, 0.4) is 0 Å². The van der Waals surface area contributed by atoms with Crippen LogP contribution in [0.1, 0.15) is 97.3 Å². The zero-order valence-electron chi connectivity index (χ0n) is 15.4. The molecule has 1 heteroatoms. The highest BCUT2D eigenvalue weighted by Crippen LogP contribution is 2.40. The van der Waals surface area contributed by atoms with Gasteiger partial charge in [0, 0.05) is 0 Å². The Morgan fingerprint density at radius 2 is 1.82 bits per heavy atom. The molecule has 4 atom stereocenters. The molecule has 2 aliphatic carbocycles. The van der Waals surface area contributed by atoms with E-state index in [-0.39, 0.29) is 0 Å². The van der Waals surface area contributed by atoms with Crippen LogP contribution in [0.5, 0.6) is 0 Å². The standard InChI is InChI=1S/C21H41N/c1-3-6-20(21-13-11-17(2)15-21)14-12-19(16-22)10-5-9-18-7-4-8-18/h17-21H,3-16,22H2,1-2H3. The van der Waals surface area contributed by atoms with Gasteiger partial charge in [-0.25, -0.2) is 0 Å². The van der Waals surface area contributed by atoms with Gasteiger partial charge in [0.05, 0.1) is 0 Å². The molecule has 0 bridgehead atoms. The van der Waals surface area contributed by atoms with Crippen LogP contribution in [-0.2, 0) is 0 Å². The fourth-order valence-electron chi connectivity index (χ4n) is 4.97. The van der Waals surface area contributed by atoms with Gasteiger partial charge in [0.25, 0.3) is 0 Å². The molecule has 2 aliphatic rings. The Bertz CT molecular complexity index is 284. The third kappa shape index (κ3) is 5.87. The van der Waals surface area contributed by atoms with Gasteiger partial charge in [0.15, 0.2) is 0 Å². The molecule has 0 heterocycles. The predicted octanol–water partition coefficient (Wildman–Crippen LogP) is 6.16. The molecule has 0 aliphatic heterocycles. The summed E-state index contributed by atoms with van der Waals surface area (Å²) in [6.07, 6.45) is 19.0. The maximum absolute atomic E-state index is 6.07. The first kappa shape index (κ1) is 18.3. The lowest BCUT2D eigenvalue weighted by Crippen LogP contribution is -2.19. The molecule has 2 rings (SSSR count). The lowest BCUT2D eigenvalue weighted by Gasteiger charge is -2.27. The van der Waals surface area contributed by atoms with Crippen LogP contribution >= 0.6 is 0 Å². The molecule has 0 amide bonds. The monoisotopic (exact) mass is 307 g/mol. The maximum Gasteiger partial charge on any atom is -0.00489 e. The van der Waals surface area contributed by atoms with Gasteiger partial charge in [0.1, 0.15) is 0 Å². The number of nitrogens with two attached hydrogens (primary N) is 1. The second-order valence-corrected chi connectivity index (χ2v) is 8.63. The third-order valence-corrected chi connectivity index (χ3v) is 6.79. The molecule has 0 aromatic rings. The highest BCUT2D eigenvalue weighted by molar-refractivity contribution is 4.80. The number of hydrogen-bond donors (Lipinski definition) is 1. The number of rotatable bonds is 11. The maximum atomic E-state index is 6.07. The van der Waals surface area contributed by atoms with Crippen molar-refractivity contribution < 1.29 is 0 Å². The Kier molecular flexibility index (Phi) is 8.28. The van der Waals surface area contributed by atoms with E-state index in [0.29, 0.717) is 0 Å². The zero-order valence-corrected chi connectivity index (χ0v) is 15.4. The van der Waals surface area contributed by atoms with E-state index in [2.05, 4.69) is 13.8 Å². The van der Waals surface area contributed by atoms with Gasteiger partial charge in [-0.1, -0.05) is 65.2 Å². The van der Waals surface area contributed by atoms with Crippen LogP contribution < -0.4 is 5.73 Å². The van der Waals surface area contributed by atoms with Gasteiger partial charge in [-0.05, 0) is 68.2 Å². The minimum absolute atomic E-state index is 0.804. The topological polar surface area (TPSA) is 26.0 Å². The molecule has 4 unspecified atom stereocenters. The molecule has 0 spiro atoms. The summed E-state index contributed by atoms with van der Waals surface area (Å²) in [5, 5.41) is 0. The molecule has 2 fully saturated rings. The predicted molar refractivity (Wildman–Crippen MR) is 97.9 cm³/mol. The average Bonchev–Trinajstić information content (AvgIpc) is 2.89. The lowest BCUT2D eigenvalue weighted by atomic mass is 9.79. The van der Waals surface area contributed by atoms with Crippen molar-refractivity contribution in [2.45, 2.75) is 97.3 Å². The molecule has 2 N–H and O–H groups in total. The summed E-state index contributed by atoms with van der Waals surface area (Å²) in [6.45, 7) is 5.74. The summed E-state index contributed by atoms with van der Waals surface area (Å²) in [6, 6.07) is 0. The molecule has 2 saturated carbocycles. The van der Waals surface area contributed by atoms with E-state index in [4.69, 9.17) is 5.73 Å². The minimum atomic E-state index is 0.804. The zero-order chi connectivity index (χ0) is 15.8. The summed E-state index contributed by atoms with van der Waals surface area (Å²) in [5.74, 6) is 4.89. The first-order chi connectivity index (χ1) is 10.7. The van der Waals surface area contributed by atoms with Crippen LogP contribution in [0.15, 0.2) is 0 Å². The van der Waals surface area contributed by atoms with Gasteiger partial charge in [-0.15, -0.1) is 0 Å². The van der Waals surface area contributed by atoms with Crippen molar-refractivity contribution in [2.24, 2.45) is 35.3 Å². The van der Waals surface area contributed by atoms with Crippen molar-refractivity contribution in [3.05, 3.63) is 0 Å². The van der Waals surface area contributed by atoms with Crippen LogP contribution in [0.4, 0.5) is 0 Å². The summed E-state index contributed by atoms with van der Waals surface area (Å²) < 4.78 is 0. The Morgan fingerprint density at radius 3 is 2.36 bits per heavy atom. The molecule has 0 saturated heterocycles. The summed E-state index contributed by atoms with van der Waals surface area (Å²) in [7, 11) is 0. The van der Waals surface area contributed by atoms with Crippen molar-refractivity contribution in [1.82, 2.24) is 0 Å². The van der Waals surface area contributed by atoms with E-state index >= 15 is 0 Å². The first-order valence-electron chi connectivity index (χ1n) is 10.4. The van der Waals surface area contributed by atoms with Gasteiger partial charge in [-0.2, -0.15) is 0 Å². The Labute approximate surface area is 139 Å². The molecule has 0 aromatic carbocycles. The van der Waals surface area contributed by atoms with Gasteiger partial charge >= 0.3 is 0 Å². The van der Waals surface area contributed by atoms with Gasteiger partial charge in [-0.3, -0.25) is 0 Å². The molecular formula is C21H41N. The van der Waals surface area contributed by atoms with Crippen LogP contribution in [-0.4, -0.2) is 6.54 Å². The molecule has 1 nitrogen and oxygen atoms in total. The van der Waals surface area contributed by atoms with E-state index in [9.17, 15) is 0 Å². The Hall–Kier alpha value is -0.0400. The lowest BCUT2D eigenvalue weighted by molar-refractivity contribution is 0.252. The van der Waals surface area contributed by atoms with Crippen molar-refractivity contribution in [1.29, 1.82) is 0 Å². The van der Waals surface area contributed by atoms with Crippen LogP contribution in [0.25, 0.3) is 0 Å². The summed E-state index contributed by atoms with van der Waals surface area (Å²) in [5.41, 5.74) is 6.07. The normalized spacial score (nSPS) is 28.5.